The van der Waals surface area contributed by atoms with Crippen LogP contribution in [0.3, 0.4) is 0 Å². The number of rotatable bonds is 4. The molecule has 0 aromatic heterocycles. The molecule has 1 heterocycles. The van der Waals surface area contributed by atoms with Crippen molar-refractivity contribution in [3.63, 3.8) is 0 Å². The summed E-state index contributed by atoms with van der Waals surface area (Å²) in [4.78, 5) is 13.7. The van der Waals surface area contributed by atoms with Gasteiger partial charge in [0, 0.05) is 13.1 Å². The molecule has 0 saturated carbocycles. The Labute approximate surface area is 92.6 Å². The molecular weight excluding hydrogens is 250 g/mol. The van der Waals surface area contributed by atoms with Gasteiger partial charge in [0.15, 0.2) is 0 Å². The van der Waals surface area contributed by atoms with Crippen LogP contribution in [0.2, 0.25) is 0 Å². The fourth-order valence-corrected chi connectivity index (χ4v) is 2.55. The summed E-state index contributed by atoms with van der Waals surface area (Å²) in [6.07, 6.45) is 5.36. The maximum absolute atomic E-state index is 11.6. The quantitative estimate of drug-likeness (QED) is 0.574. The molecule has 0 bridgehead atoms. The van der Waals surface area contributed by atoms with Gasteiger partial charge in [0.1, 0.15) is 0 Å². The van der Waals surface area contributed by atoms with E-state index >= 15 is 0 Å². The molecule has 0 aromatic carbocycles. The maximum Gasteiger partial charge on any atom is 0.236 e. The number of piperidine rings is 1. The van der Waals surface area contributed by atoms with Crippen molar-refractivity contribution in [2.45, 2.75) is 24.1 Å². The Hall–Kier alpha value is 0.300. The number of thioether (sulfide) groups is 1. The van der Waals surface area contributed by atoms with Crippen molar-refractivity contribution < 1.29 is 4.79 Å². The second-order valence-electron chi connectivity index (χ2n) is 3.28. The zero-order valence-electron chi connectivity index (χ0n) is 7.96. The predicted molar refractivity (Wildman–Crippen MR) is 61.5 cm³/mol. The van der Waals surface area contributed by atoms with E-state index in [1.165, 1.54) is 0 Å². The molecule has 1 aliphatic rings. The predicted octanol–water partition coefficient (Wildman–Crippen LogP) is 2.13. The van der Waals surface area contributed by atoms with E-state index in [1.54, 1.807) is 0 Å². The van der Waals surface area contributed by atoms with E-state index in [1.807, 2.05) is 16.7 Å². The highest BCUT2D eigenvalue weighted by Gasteiger charge is 2.25. The number of hydrogen-bond acceptors (Lipinski definition) is 2. The van der Waals surface area contributed by atoms with E-state index in [4.69, 9.17) is 0 Å². The van der Waals surface area contributed by atoms with Gasteiger partial charge in [-0.1, -0.05) is 15.9 Å². The van der Waals surface area contributed by atoms with Crippen molar-refractivity contribution in [3.8, 4) is 0 Å². The average molecular weight is 266 g/mol. The summed E-state index contributed by atoms with van der Waals surface area (Å²) in [7, 11) is 0. The van der Waals surface area contributed by atoms with Gasteiger partial charge < -0.3 is 4.90 Å². The Kier molecular flexibility index (Phi) is 5.17. The Morgan fingerprint density at radius 1 is 1.69 bits per heavy atom. The van der Waals surface area contributed by atoms with E-state index in [9.17, 15) is 4.79 Å². The average Bonchev–Trinajstić information content (AvgIpc) is 2.13. The minimum atomic E-state index is 0.0792. The van der Waals surface area contributed by atoms with E-state index in [-0.39, 0.29) is 10.7 Å². The van der Waals surface area contributed by atoms with Gasteiger partial charge in [-0.05, 0) is 31.3 Å². The molecule has 1 saturated heterocycles. The van der Waals surface area contributed by atoms with Crippen molar-refractivity contribution in [2.75, 3.05) is 25.1 Å². The van der Waals surface area contributed by atoms with Crippen molar-refractivity contribution in [1.29, 1.82) is 0 Å². The molecule has 1 fully saturated rings. The van der Waals surface area contributed by atoms with Crippen LogP contribution in [0.1, 0.15) is 19.3 Å². The largest absolute Gasteiger partial charge is 0.342 e. The highest BCUT2D eigenvalue weighted by molar-refractivity contribution is 9.10. The first-order chi connectivity index (χ1) is 6.25. The fraction of sp³-hybridized carbons (Fsp3) is 0.889. The molecule has 1 atom stereocenters. The second kappa shape index (κ2) is 5.91. The Morgan fingerprint density at radius 3 is 3.15 bits per heavy atom. The third-order valence-corrected chi connectivity index (χ3v) is 3.79. The van der Waals surface area contributed by atoms with E-state index in [0.29, 0.717) is 0 Å². The Morgan fingerprint density at radius 2 is 2.46 bits per heavy atom. The summed E-state index contributed by atoms with van der Waals surface area (Å²) >= 11 is 5.25. The molecule has 76 valence electrons. The van der Waals surface area contributed by atoms with Crippen LogP contribution in [0.4, 0.5) is 0 Å². The van der Waals surface area contributed by atoms with Crippen LogP contribution in [-0.4, -0.2) is 40.7 Å². The first-order valence-electron chi connectivity index (χ1n) is 4.67. The van der Waals surface area contributed by atoms with Gasteiger partial charge in [0.2, 0.25) is 5.91 Å². The summed E-state index contributed by atoms with van der Waals surface area (Å²) in [5, 5.41) is 0. The molecule has 13 heavy (non-hydrogen) atoms. The highest BCUT2D eigenvalue weighted by atomic mass is 79.9. The molecule has 0 N–H and O–H groups in total. The Bertz CT molecular complexity index is 177. The minimum absolute atomic E-state index is 0.0792. The second-order valence-corrected chi connectivity index (χ2v) is 5.37. The molecule has 0 spiro atoms. The molecule has 0 radical (unpaired) electrons. The lowest BCUT2D eigenvalue weighted by Gasteiger charge is -2.29. The topological polar surface area (TPSA) is 20.3 Å². The van der Waals surface area contributed by atoms with Gasteiger partial charge in [-0.3, -0.25) is 4.79 Å². The van der Waals surface area contributed by atoms with Crippen LogP contribution in [0.25, 0.3) is 0 Å². The lowest BCUT2D eigenvalue weighted by molar-refractivity contribution is -0.132. The van der Waals surface area contributed by atoms with Gasteiger partial charge in [-0.2, -0.15) is 11.8 Å². The van der Waals surface area contributed by atoms with Crippen molar-refractivity contribution in [2.24, 2.45) is 0 Å². The zero-order chi connectivity index (χ0) is 9.68. The number of hydrogen-bond donors (Lipinski definition) is 0. The number of amides is 1. The third kappa shape index (κ3) is 3.50. The molecule has 2 nitrogen and oxygen atoms in total. The van der Waals surface area contributed by atoms with Gasteiger partial charge in [-0.15, -0.1) is 0 Å². The number of likely N-dealkylation sites (tertiary alicyclic amines) is 1. The first-order valence-corrected chi connectivity index (χ1v) is 6.98. The molecule has 1 unspecified atom stereocenters. The number of halogens is 1. The smallest absolute Gasteiger partial charge is 0.236 e. The van der Waals surface area contributed by atoms with Crippen LogP contribution in [0.5, 0.6) is 0 Å². The summed E-state index contributed by atoms with van der Waals surface area (Å²) in [6.45, 7) is 1.89. The zero-order valence-corrected chi connectivity index (χ0v) is 10.4. The van der Waals surface area contributed by atoms with Crippen molar-refractivity contribution in [1.82, 2.24) is 4.90 Å². The van der Waals surface area contributed by atoms with Crippen molar-refractivity contribution in [3.05, 3.63) is 0 Å². The number of nitrogens with zero attached hydrogens (tertiary/aromatic N) is 1. The van der Waals surface area contributed by atoms with Gasteiger partial charge >= 0.3 is 0 Å². The minimum Gasteiger partial charge on any atom is -0.342 e. The van der Waals surface area contributed by atoms with Crippen LogP contribution in [0.15, 0.2) is 0 Å². The summed E-state index contributed by atoms with van der Waals surface area (Å²) < 4.78 is 0. The highest BCUT2D eigenvalue weighted by Crippen LogP contribution is 2.18. The fourth-order valence-electron chi connectivity index (χ4n) is 1.51. The lowest BCUT2D eigenvalue weighted by atomic mass is 10.1. The van der Waals surface area contributed by atoms with E-state index in [0.717, 1.165) is 38.1 Å². The summed E-state index contributed by atoms with van der Waals surface area (Å²) in [5.41, 5.74) is 0. The molecule has 1 rings (SSSR count). The number of alkyl halides is 1. The molecule has 0 aliphatic carbocycles. The van der Waals surface area contributed by atoms with E-state index in [2.05, 4.69) is 22.2 Å². The van der Waals surface area contributed by atoms with Gasteiger partial charge in [0.25, 0.3) is 0 Å². The van der Waals surface area contributed by atoms with Crippen LogP contribution in [-0.2, 0) is 4.79 Å². The number of carbonyl (C=O) groups is 1. The first kappa shape index (κ1) is 11.4. The molecular formula is C9H16BrNOS. The molecule has 4 heteroatoms. The lowest BCUT2D eigenvalue weighted by Crippen LogP contribution is -2.42. The van der Waals surface area contributed by atoms with Crippen molar-refractivity contribution >= 4 is 33.6 Å². The van der Waals surface area contributed by atoms with Crippen LogP contribution in [0, 0.1) is 0 Å². The normalized spacial score (nSPS) is 23.7. The standard InChI is InChI=1S/C9H16BrNOS/c1-13-7-3-6-11-5-2-4-8(10)9(11)12/h8H,2-7H2,1H3. The third-order valence-electron chi connectivity index (χ3n) is 2.24. The Balaban J connectivity index is 2.27. The summed E-state index contributed by atoms with van der Waals surface area (Å²) in [6, 6.07) is 0. The van der Waals surface area contributed by atoms with E-state index < -0.39 is 0 Å². The van der Waals surface area contributed by atoms with Gasteiger partial charge in [-0.25, -0.2) is 0 Å². The van der Waals surface area contributed by atoms with Gasteiger partial charge in [0.05, 0.1) is 4.83 Å². The maximum atomic E-state index is 11.6. The number of carbonyl (C=O) groups excluding carboxylic acids is 1. The van der Waals surface area contributed by atoms with Crippen LogP contribution >= 0.6 is 27.7 Å². The molecule has 1 aliphatic heterocycles. The molecule has 1 amide bonds. The monoisotopic (exact) mass is 265 g/mol. The SMILES string of the molecule is CSCCCN1CCCC(Br)C1=O. The van der Waals surface area contributed by atoms with Crippen LogP contribution < -0.4 is 0 Å². The summed E-state index contributed by atoms with van der Waals surface area (Å²) in [5.74, 6) is 1.43. The molecule has 0 aromatic rings.